The van der Waals surface area contributed by atoms with E-state index in [1.807, 2.05) is 0 Å². The van der Waals surface area contributed by atoms with Crippen LogP contribution < -0.4 is 14.4 Å². The first-order chi connectivity index (χ1) is 15.7. The number of nitrogens with zero attached hydrogens (tertiary/aromatic N) is 3. The molecule has 2 aliphatic rings. The lowest BCUT2D eigenvalue weighted by Crippen LogP contribution is -2.50. The molecule has 1 fully saturated rings. The summed E-state index contributed by atoms with van der Waals surface area (Å²) < 4.78 is 10.9. The maximum atomic E-state index is 5.60. The molecule has 2 aromatic carbocycles. The van der Waals surface area contributed by atoms with Crippen molar-refractivity contribution >= 4 is 5.69 Å². The standard InChI is InChI=1S/C27H39N3O2/c1-4-14-29(24-10-13-26-22(21-24)6-5-7-27(26)32-3)18-15-28-16-19-30(20-17-28)23-8-11-25(31-2)12-9-23/h5-9,11-12,24H,4,10,13-21H2,1-3H3. The summed E-state index contributed by atoms with van der Waals surface area (Å²) in [7, 11) is 3.51. The zero-order valence-electron chi connectivity index (χ0n) is 20.1. The molecule has 1 atom stereocenters. The van der Waals surface area contributed by atoms with Crippen LogP contribution in [0.4, 0.5) is 5.69 Å². The van der Waals surface area contributed by atoms with E-state index in [2.05, 4.69) is 64.1 Å². The van der Waals surface area contributed by atoms with Crippen molar-refractivity contribution in [3.05, 3.63) is 53.6 Å². The highest BCUT2D eigenvalue weighted by Crippen LogP contribution is 2.31. The third-order valence-corrected chi connectivity index (χ3v) is 7.17. The van der Waals surface area contributed by atoms with Crippen molar-refractivity contribution in [2.45, 2.75) is 38.6 Å². The van der Waals surface area contributed by atoms with Gasteiger partial charge in [0, 0.05) is 51.0 Å². The second-order valence-corrected chi connectivity index (χ2v) is 9.06. The molecule has 0 aromatic heterocycles. The normalized spacial score (nSPS) is 19.1. The molecule has 1 unspecified atom stereocenters. The van der Waals surface area contributed by atoms with Crippen LogP contribution in [0.3, 0.4) is 0 Å². The summed E-state index contributed by atoms with van der Waals surface area (Å²) in [5.41, 5.74) is 4.21. The highest BCUT2D eigenvalue weighted by molar-refractivity contribution is 5.49. The number of methoxy groups -OCH3 is 2. The molecule has 174 valence electrons. The Kier molecular flexibility index (Phi) is 7.93. The molecule has 0 spiro atoms. The third kappa shape index (κ3) is 5.38. The molecule has 32 heavy (non-hydrogen) atoms. The van der Waals surface area contributed by atoms with Gasteiger partial charge in [-0.3, -0.25) is 9.80 Å². The van der Waals surface area contributed by atoms with Gasteiger partial charge in [0.15, 0.2) is 0 Å². The van der Waals surface area contributed by atoms with Gasteiger partial charge >= 0.3 is 0 Å². The number of rotatable bonds is 9. The predicted octanol–water partition coefficient (Wildman–Crippen LogP) is 4.10. The van der Waals surface area contributed by atoms with E-state index in [1.54, 1.807) is 14.2 Å². The Balaban J connectivity index is 1.29. The Morgan fingerprint density at radius 1 is 0.938 bits per heavy atom. The van der Waals surface area contributed by atoms with Crippen molar-refractivity contribution in [3.63, 3.8) is 0 Å². The van der Waals surface area contributed by atoms with Crippen molar-refractivity contribution in [2.24, 2.45) is 0 Å². The molecule has 0 N–H and O–H groups in total. The molecule has 4 rings (SSSR count). The second-order valence-electron chi connectivity index (χ2n) is 9.06. The number of benzene rings is 2. The summed E-state index contributed by atoms with van der Waals surface area (Å²) >= 11 is 0. The van der Waals surface area contributed by atoms with E-state index in [4.69, 9.17) is 9.47 Å². The SMILES string of the molecule is CCCN(CCN1CCN(c2ccc(OC)cc2)CC1)C1CCc2c(cccc2OC)C1. The average molecular weight is 438 g/mol. The number of hydrogen-bond acceptors (Lipinski definition) is 5. The Labute approximate surface area is 193 Å². The fraction of sp³-hybridized carbons (Fsp3) is 0.556. The van der Waals surface area contributed by atoms with Gasteiger partial charge in [0.2, 0.25) is 0 Å². The lowest BCUT2D eigenvalue weighted by atomic mass is 9.86. The molecule has 5 nitrogen and oxygen atoms in total. The molecular weight excluding hydrogens is 398 g/mol. The molecule has 0 amide bonds. The molecule has 0 bridgehead atoms. The molecule has 0 saturated carbocycles. The molecule has 2 aromatic rings. The van der Waals surface area contributed by atoms with Crippen molar-refractivity contribution < 1.29 is 9.47 Å². The zero-order chi connectivity index (χ0) is 22.3. The van der Waals surface area contributed by atoms with Crippen LogP contribution in [0, 0.1) is 0 Å². The maximum absolute atomic E-state index is 5.60. The minimum Gasteiger partial charge on any atom is -0.497 e. The van der Waals surface area contributed by atoms with E-state index in [0.717, 1.165) is 57.1 Å². The van der Waals surface area contributed by atoms with Crippen LogP contribution in [0.5, 0.6) is 11.5 Å². The van der Waals surface area contributed by atoms with Crippen molar-refractivity contribution in [3.8, 4) is 11.5 Å². The highest BCUT2D eigenvalue weighted by Gasteiger charge is 2.26. The number of ether oxygens (including phenoxy) is 2. The maximum Gasteiger partial charge on any atom is 0.122 e. The number of fused-ring (bicyclic) bond motifs is 1. The van der Waals surface area contributed by atoms with E-state index < -0.39 is 0 Å². The van der Waals surface area contributed by atoms with Crippen LogP contribution in [0.2, 0.25) is 0 Å². The van der Waals surface area contributed by atoms with E-state index in [-0.39, 0.29) is 0 Å². The number of anilines is 1. The first-order valence-corrected chi connectivity index (χ1v) is 12.2. The molecule has 1 aliphatic carbocycles. The van der Waals surface area contributed by atoms with Crippen LogP contribution in [-0.2, 0) is 12.8 Å². The monoisotopic (exact) mass is 437 g/mol. The van der Waals surface area contributed by atoms with Crippen molar-refractivity contribution in [1.29, 1.82) is 0 Å². The molecule has 1 heterocycles. The summed E-state index contributed by atoms with van der Waals surface area (Å²) in [6.45, 7) is 10.3. The topological polar surface area (TPSA) is 28.2 Å². The fourth-order valence-corrected chi connectivity index (χ4v) is 5.31. The summed E-state index contributed by atoms with van der Waals surface area (Å²) in [4.78, 5) is 7.88. The van der Waals surface area contributed by atoms with E-state index in [0.29, 0.717) is 6.04 Å². The van der Waals surface area contributed by atoms with Crippen LogP contribution in [0.25, 0.3) is 0 Å². The summed E-state index contributed by atoms with van der Waals surface area (Å²) in [5.74, 6) is 1.99. The number of hydrogen-bond donors (Lipinski definition) is 0. The van der Waals surface area contributed by atoms with Crippen LogP contribution in [0.15, 0.2) is 42.5 Å². The van der Waals surface area contributed by atoms with Gasteiger partial charge in [-0.15, -0.1) is 0 Å². The van der Waals surface area contributed by atoms with Gasteiger partial charge in [-0.25, -0.2) is 0 Å². The van der Waals surface area contributed by atoms with E-state index >= 15 is 0 Å². The Bertz CT molecular complexity index is 846. The van der Waals surface area contributed by atoms with Crippen LogP contribution >= 0.6 is 0 Å². The lowest BCUT2D eigenvalue weighted by Gasteiger charge is -2.39. The highest BCUT2D eigenvalue weighted by atomic mass is 16.5. The lowest BCUT2D eigenvalue weighted by molar-refractivity contribution is 0.145. The Morgan fingerprint density at radius 2 is 1.72 bits per heavy atom. The molecule has 5 heteroatoms. The summed E-state index contributed by atoms with van der Waals surface area (Å²) in [6, 6.07) is 15.7. The number of piperazine rings is 1. The molecular formula is C27H39N3O2. The molecule has 1 aliphatic heterocycles. The van der Waals surface area contributed by atoms with Gasteiger partial charge in [0.1, 0.15) is 11.5 Å². The summed E-state index contributed by atoms with van der Waals surface area (Å²) in [6.07, 6.45) is 4.73. The molecule has 1 saturated heterocycles. The largest absolute Gasteiger partial charge is 0.497 e. The molecule has 0 radical (unpaired) electrons. The van der Waals surface area contributed by atoms with Gasteiger partial charge in [-0.1, -0.05) is 19.1 Å². The second kappa shape index (κ2) is 11.1. The minimum atomic E-state index is 0.648. The zero-order valence-corrected chi connectivity index (χ0v) is 20.1. The van der Waals surface area contributed by atoms with Gasteiger partial charge in [0.05, 0.1) is 14.2 Å². The van der Waals surface area contributed by atoms with Crippen LogP contribution in [0.1, 0.15) is 30.9 Å². The van der Waals surface area contributed by atoms with Gasteiger partial charge in [-0.2, -0.15) is 0 Å². The van der Waals surface area contributed by atoms with Crippen molar-refractivity contribution in [2.75, 3.05) is 64.9 Å². The Morgan fingerprint density at radius 3 is 2.41 bits per heavy atom. The van der Waals surface area contributed by atoms with Crippen molar-refractivity contribution in [1.82, 2.24) is 9.80 Å². The Hall–Kier alpha value is -2.24. The predicted molar refractivity (Wildman–Crippen MR) is 132 cm³/mol. The average Bonchev–Trinajstić information content (AvgIpc) is 2.86. The minimum absolute atomic E-state index is 0.648. The van der Waals surface area contributed by atoms with Gasteiger partial charge in [-0.05, 0) is 73.7 Å². The fourth-order valence-electron chi connectivity index (χ4n) is 5.31. The van der Waals surface area contributed by atoms with Gasteiger partial charge in [0.25, 0.3) is 0 Å². The van der Waals surface area contributed by atoms with Gasteiger partial charge < -0.3 is 14.4 Å². The first-order valence-electron chi connectivity index (χ1n) is 12.2. The third-order valence-electron chi connectivity index (χ3n) is 7.17. The quantitative estimate of drug-likeness (QED) is 0.589. The van der Waals surface area contributed by atoms with Crippen LogP contribution in [-0.4, -0.2) is 75.9 Å². The van der Waals surface area contributed by atoms with E-state index in [9.17, 15) is 0 Å². The smallest absolute Gasteiger partial charge is 0.122 e. The van der Waals surface area contributed by atoms with E-state index in [1.165, 1.54) is 42.7 Å². The first kappa shape index (κ1) is 22.9. The summed E-state index contributed by atoms with van der Waals surface area (Å²) in [5, 5.41) is 0.